The third kappa shape index (κ3) is 5.92. The number of anilines is 1. The zero-order valence-electron chi connectivity index (χ0n) is 18.6. The van der Waals surface area contributed by atoms with E-state index in [1.165, 1.54) is 22.5 Å². The number of sulfonamides is 1. The second-order valence-corrected chi connectivity index (χ2v) is 9.79. The predicted octanol–water partition coefficient (Wildman–Crippen LogP) is 3.28. The molecule has 8 nitrogen and oxygen atoms in total. The number of benzene rings is 2. The number of carbonyl (C=O) groups excluding carboxylic acids is 2. The molecule has 1 fully saturated rings. The number of morpholine rings is 1. The summed E-state index contributed by atoms with van der Waals surface area (Å²) in [4.78, 5) is 25.0. The Bertz CT molecular complexity index is 1110. The van der Waals surface area contributed by atoms with Crippen molar-refractivity contribution < 1.29 is 27.5 Å². The van der Waals surface area contributed by atoms with Gasteiger partial charge in [0.25, 0.3) is 5.91 Å². The molecule has 1 aliphatic heterocycles. The fraction of sp³-hybridized carbons (Fsp3) is 0.391. The van der Waals surface area contributed by atoms with Gasteiger partial charge in [-0.25, -0.2) is 13.2 Å². The number of ether oxygens (including phenoxy) is 2. The van der Waals surface area contributed by atoms with E-state index in [4.69, 9.17) is 21.1 Å². The molecule has 1 amide bonds. The molecule has 1 aliphatic rings. The van der Waals surface area contributed by atoms with Crippen LogP contribution in [0.1, 0.15) is 35.3 Å². The van der Waals surface area contributed by atoms with Gasteiger partial charge in [-0.15, -0.1) is 0 Å². The maximum atomic E-state index is 12.9. The highest BCUT2D eigenvalue weighted by molar-refractivity contribution is 7.89. The first kappa shape index (κ1) is 25.2. The molecule has 33 heavy (non-hydrogen) atoms. The van der Waals surface area contributed by atoms with Crippen molar-refractivity contribution in [3.8, 4) is 0 Å². The minimum Gasteiger partial charge on any atom is -0.452 e. The number of carbonyl (C=O) groups is 2. The van der Waals surface area contributed by atoms with Crippen molar-refractivity contribution >= 4 is 39.2 Å². The van der Waals surface area contributed by atoms with E-state index in [0.29, 0.717) is 13.2 Å². The van der Waals surface area contributed by atoms with Crippen molar-refractivity contribution in [1.29, 1.82) is 0 Å². The van der Waals surface area contributed by atoms with Crippen LogP contribution in [0.3, 0.4) is 0 Å². The highest BCUT2D eigenvalue weighted by Crippen LogP contribution is 2.25. The summed E-state index contributed by atoms with van der Waals surface area (Å²) in [6.45, 7) is 4.51. The van der Waals surface area contributed by atoms with Crippen LogP contribution in [-0.4, -0.2) is 57.5 Å². The van der Waals surface area contributed by atoms with E-state index in [1.54, 1.807) is 0 Å². The van der Waals surface area contributed by atoms with E-state index in [2.05, 4.69) is 5.32 Å². The molecule has 178 valence electrons. The number of rotatable bonds is 8. The van der Waals surface area contributed by atoms with E-state index in [1.807, 2.05) is 32.0 Å². The zero-order chi connectivity index (χ0) is 24.0. The quantitative estimate of drug-likeness (QED) is 0.565. The molecule has 0 aliphatic carbocycles. The summed E-state index contributed by atoms with van der Waals surface area (Å²) in [5.74, 6) is -1.37. The van der Waals surface area contributed by atoms with Crippen LogP contribution in [0.5, 0.6) is 0 Å². The van der Waals surface area contributed by atoms with E-state index in [0.717, 1.165) is 29.7 Å². The Morgan fingerprint density at radius 1 is 1.09 bits per heavy atom. The average Bonchev–Trinajstić information content (AvgIpc) is 2.83. The first-order valence-corrected chi connectivity index (χ1v) is 12.5. The van der Waals surface area contributed by atoms with Crippen molar-refractivity contribution in [1.82, 2.24) is 4.31 Å². The predicted molar refractivity (Wildman–Crippen MR) is 125 cm³/mol. The third-order valence-corrected chi connectivity index (χ3v) is 7.59. The number of amides is 1. The second-order valence-electron chi connectivity index (χ2n) is 7.44. The number of aryl methyl sites for hydroxylation is 2. The topological polar surface area (TPSA) is 102 Å². The third-order valence-electron chi connectivity index (χ3n) is 5.36. The molecule has 0 bridgehead atoms. The molecule has 0 spiro atoms. The number of esters is 1. The highest BCUT2D eigenvalue weighted by atomic mass is 35.5. The van der Waals surface area contributed by atoms with Crippen molar-refractivity contribution in [3.63, 3.8) is 0 Å². The van der Waals surface area contributed by atoms with Gasteiger partial charge in [0.05, 0.1) is 28.7 Å². The molecule has 1 saturated heterocycles. The van der Waals surface area contributed by atoms with Gasteiger partial charge in [-0.3, -0.25) is 4.79 Å². The van der Waals surface area contributed by atoms with Gasteiger partial charge in [-0.05, 0) is 42.2 Å². The summed E-state index contributed by atoms with van der Waals surface area (Å²) < 4.78 is 37.4. The van der Waals surface area contributed by atoms with Gasteiger partial charge in [0.1, 0.15) is 0 Å². The lowest BCUT2D eigenvalue weighted by molar-refractivity contribution is -0.119. The number of para-hydroxylation sites is 1. The Balaban J connectivity index is 1.71. The fourth-order valence-corrected chi connectivity index (χ4v) is 5.17. The molecule has 0 atom stereocenters. The summed E-state index contributed by atoms with van der Waals surface area (Å²) in [5.41, 5.74) is 2.57. The molecule has 2 aromatic rings. The normalized spacial score (nSPS) is 14.6. The summed E-state index contributed by atoms with van der Waals surface area (Å²) in [5, 5.41) is 2.85. The van der Waals surface area contributed by atoms with Crippen LogP contribution < -0.4 is 5.32 Å². The maximum absolute atomic E-state index is 12.9. The van der Waals surface area contributed by atoms with E-state index >= 15 is 0 Å². The van der Waals surface area contributed by atoms with E-state index < -0.39 is 28.5 Å². The van der Waals surface area contributed by atoms with Crippen molar-refractivity contribution in [2.24, 2.45) is 0 Å². The molecule has 0 saturated carbocycles. The van der Waals surface area contributed by atoms with Crippen LogP contribution in [-0.2, 0) is 37.1 Å². The SMILES string of the molecule is CCc1cccc(CC)c1NC(=O)COC(=O)c1cc(S(=O)(=O)N2CCOCC2)ccc1Cl. The molecule has 1 heterocycles. The number of halogens is 1. The lowest BCUT2D eigenvalue weighted by atomic mass is 10.0. The lowest BCUT2D eigenvalue weighted by Gasteiger charge is -2.26. The summed E-state index contributed by atoms with van der Waals surface area (Å²) >= 11 is 6.12. The number of nitrogens with zero attached hydrogens (tertiary/aromatic N) is 1. The van der Waals surface area contributed by atoms with Gasteiger partial charge < -0.3 is 14.8 Å². The van der Waals surface area contributed by atoms with Gasteiger partial charge in [-0.1, -0.05) is 43.6 Å². The average molecular weight is 495 g/mol. The zero-order valence-corrected chi connectivity index (χ0v) is 20.2. The number of nitrogens with one attached hydrogen (secondary N) is 1. The molecule has 10 heteroatoms. The number of hydrogen-bond donors (Lipinski definition) is 1. The molecular formula is C23H27ClN2O6S. The van der Waals surface area contributed by atoms with Crippen LogP contribution in [0.2, 0.25) is 5.02 Å². The van der Waals surface area contributed by atoms with Crippen molar-refractivity contribution in [2.75, 3.05) is 38.2 Å². The largest absolute Gasteiger partial charge is 0.452 e. The fourth-order valence-electron chi connectivity index (χ4n) is 3.54. The van der Waals surface area contributed by atoms with Crippen LogP contribution >= 0.6 is 11.6 Å². The van der Waals surface area contributed by atoms with Crippen LogP contribution in [0.4, 0.5) is 5.69 Å². The highest BCUT2D eigenvalue weighted by Gasteiger charge is 2.28. The maximum Gasteiger partial charge on any atom is 0.340 e. The number of hydrogen-bond acceptors (Lipinski definition) is 6. The first-order chi connectivity index (χ1) is 15.8. The standard InChI is InChI=1S/C23H27ClN2O6S/c1-3-16-6-5-7-17(4-2)22(16)25-21(27)15-32-23(28)19-14-18(8-9-20(19)24)33(29,30)26-10-12-31-13-11-26/h5-9,14H,3-4,10-13,15H2,1-2H3,(H,25,27). The molecule has 1 N–H and O–H groups in total. The summed E-state index contributed by atoms with van der Waals surface area (Å²) in [7, 11) is -3.81. The van der Waals surface area contributed by atoms with Gasteiger partial charge in [0, 0.05) is 18.8 Å². The van der Waals surface area contributed by atoms with Crippen molar-refractivity contribution in [3.05, 3.63) is 58.1 Å². The molecule has 0 radical (unpaired) electrons. The minimum absolute atomic E-state index is 0.0333. The Morgan fingerprint density at radius 3 is 2.33 bits per heavy atom. The van der Waals surface area contributed by atoms with Crippen molar-refractivity contribution in [2.45, 2.75) is 31.6 Å². The smallest absolute Gasteiger partial charge is 0.340 e. The Kier molecular flexibility index (Phi) is 8.47. The summed E-state index contributed by atoms with van der Waals surface area (Å²) in [6.07, 6.45) is 1.48. The van der Waals surface area contributed by atoms with E-state index in [9.17, 15) is 18.0 Å². The summed E-state index contributed by atoms with van der Waals surface area (Å²) in [6, 6.07) is 9.64. The Hall–Kier alpha value is -2.46. The molecule has 0 aromatic heterocycles. The van der Waals surface area contributed by atoms with E-state index in [-0.39, 0.29) is 28.6 Å². The van der Waals surface area contributed by atoms with Crippen LogP contribution in [0.15, 0.2) is 41.3 Å². The molecular weight excluding hydrogens is 468 g/mol. The molecule has 0 unspecified atom stereocenters. The lowest BCUT2D eigenvalue weighted by Crippen LogP contribution is -2.40. The Morgan fingerprint density at radius 2 is 1.73 bits per heavy atom. The first-order valence-electron chi connectivity index (χ1n) is 10.7. The Labute approximate surface area is 198 Å². The van der Waals surface area contributed by atoms with Gasteiger partial charge in [0.2, 0.25) is 10.0 Å². The van der Waals surface area contributed by atoms with Gasteiger partial charge in [0.15, 0.2) is 6.61 Å². The molecule has 2 aromatic carbocycles. The molecule has 3 rings (SSSR count). The van der Waals surface area contributed by atoms with Gasteiger partial charge >= 0.3 is 5.97 Å². The second kappa shape index (κ2) is 11.1. The van der Waals surface area contributed by atoms with Gasteiger partial charge in [-0.2, -0.15) is 4.31 Å². The van der Waals surface area contributed by atoms with Crippen LogP contribution in [0.25, 0.3) is 0 Å². The van der Waals surface area contributed by atoms with Crippen LogP contribution in [0, 0.1) is 0 Å². The minimum atomic E-state index is -3.81. The monoisotopic (exact) mass is 494 g/mol.